The van der Waals surface area contributed by atoms with Gasteiger partial charge in [-0.3, -0.25) is 14.3 Å². The molecule has 59 heavy (non-hydrogen) atoms. The number of nitrogens with zero attached hydrogens (tertiary/aromatic N) is 3. The van der Waals surface area contributed by atoms with Crippen molar-refractivity contribution in [1.29, 1.82) is 5.26 Å². The second-order valence-electron chi connectivity index (χ2n) is 14.1. The highest BCUT2D eigenvalue weighted by Gasteiger charge is 2.45. The molecule has 14 heteroatoms. The summed E-state index contributed by atoms with van der Waals surface area (Å²) in [6, 6.07) is 27.5. The molecule has 310 valence electrons. The van der Waals surface area contributed by atoms with Crippen molar-refractivity contribution in [3.8, 4) is 41.8 Å². The number of hydrogen-bond acceptors (Lipinski definition) is 11. The SMILES string of the molecule is C#CCOCC#Cc1cn([C@H]2C[C@H](OP(OCCC#N)N(C(C)C)C(C)C)[C@@H](COC(c3ccccc3)(c3ccc(OC)cc3)c3ccc(OC)cc3)O2)c(=O)[nH]c1=O. The largest absolute Gasteiger partial charge is 0.497 e. The number of nitriles is 1. The normalized spacial score (nSPS) is 17.0. The van der Waals surface area contributed by atoms with Gasteiger partial charge in [-0.25, -0.2) is 9.46 Å². The van der Waals surface area contributed by atoms with E-state index in [2.05, 4.69) is 61.2 Å². The average Bonchev–Trinajstić information content (AvgIpc) is 3.64. The van der Waals surface area contributed by atoms with Crippen molar-refractivity contribution in [2.24, 2.45) is 0 Å². The summed E-state index contributed by atoms with van der Waals surface area (Å²) >= 11 is 0. The quantitative estimate of drug-likeness (QED) is 0.0478. The van der Waals surface area contributed by atoms with Crippen molar-refractivity contribution >= 4 is 8.53 Å². The van der Waals surface area contributed by atoms with Gasteiger partial charge in [-0.2, -0.15) is 5.26 Å². The summed E-state index contributed by atoms with van der Waals surface area (Å²) in [4.78, 5) is 28.7. The Hall–Kier alpha value is -5.26. The van der Waals surface area contributed by atoms with E-state index in [9.17, 15) is 14.9 Å². The molecule has 5 rings (SSSR count). The first kappa shape index (κ1) is 44.8. The van der Waals surface area contributed by atoms with Gasteiger partial charge in [0.1, 0.15) is 48.2 Å². The van der Waals surface area contributed by atoms with Crippen LogP contribution in [0.15, 0.2) is 94.6 Å². The molecule has 1 aromatic heterocycles. The lowest BCUT2D eigenvalue weighted by molar-refractivity contribution is -0.0925. The third kappa shape index (κ3) is 11.1. The van der Waals surface area contributed by atoms with Crippen LogP contribution in [0.25, 0.3) is 0 Å². The van der Waals surface area contributed by atoms with E-state index >= 15 is 0 Å². The van der Waals surface area contributed by atoms with Crippen molar-refractivity contribution in [3.63, 3.8) is 0 Å². The maximum Gasteiger partial charge on any atom is 0.330 e. The van der Waals surface area contributed by atoms with Crippen LogP contribution in [-0.2, 0) is 28.9 Å². The third-order valence-electron chi connectivity index (χ3n) is 9.57. The minimum Gasteiger partial charge on any atom is -0.497 e. The van der Waals surface area contributed by atoms with Crippen LogP contribution in [0.1, 0.15) is 69.0 Å². The predicted octanol–water partition coefficient (Wildman–Crippen LogP) is 6.51. The number of terminal acetylenes is 1. The number of methoxy groups -OCH3 is 2. The lowest BCUT2D eigenvalue weighted by atomic mass is 9.80. The van der Waals surface area contributed by atoms with Gasteiger partial charge in [0.25, 0.3) is 14.1 Å². The van der Waals surface area contributed by atoms with Gasteiger partial charge in [-0.1, -0.05) is 72.4 Å². The molecular formula is C45H51N4O9P. The molecule has 1 aliphatic heterocycles. The first-order valence-electron chi connectivity index (χ1n) is 19.3. The van der Waals surface area contributed by atoms with Crippen LogP contribution in [-0.4, -0.2) is 79.2 Å². The third-order valence-corrected chi connectivity index (χ3v) is 11.7. The van der Waals surface area contributed by atoms with E-state index < -0.39 is 43.8 Å². The van der Waals surface area contributed by atoms with Gasteiger partial charge < -0.3 is 32.7 Å². The van der Waals surface area contributed by atoms with E-state index in [0.717, 1.165) is 16.7 Å². The molecule has 0 bridgehead atoms. The van der Waals surface area contributed by atoms with Crippen molar-refractivity contribution in [1.82, 2.24) is 14.2 Å². The smallest absolute Gasteiger partial charge is 0.330 e. The number of aromatic amines is 1. The average molecular weight is 823 g/mol. The molecule has 2 heterocycles. The number of nitrogens with one attached hydrogen (secondary N) is 1. The van der Waals surface area contributed by atoms with E-state index in [1.807, 2.05) is 78.9 Å². The minimum absolute atomic E-state index is 0.00112. The van der Waals surface area contributed by atoms with E-state index in [1.165, 1.54) is 10.8 Å². The molecule has 1 aliphatic rings. The molecule has 1 saturated heterocycles. The Morgan fingerprint density at radius 1 is 0.932 bits per heavy atom. The van der Waals surface area contributed by atoms with Crippen LogP contribution in [0.2, 0.25) is 0 Å². The Bertz CT molecular complexity index is 2160. The molecule has 13 nitrogen and oxygen atoms in total. The summed E-state index contributed by atoms with van der Waals surface area (Å²) in [5, 5.41) is 9.36. The second kappa shape index (κ2) is 21.7. The van der Waals surface area contributed by atoms with Gasteiger partial charge in [0, 0.05) is 24.7 Å². The second-order valence-corrected chi connectivity index (χ2v) is 15.5. The number of rotatable bonds is 19. The van der Waals surface area contributed by atoms with E-state index in [-0.39, 0.29) is 56.9 Å². The summed E-state index contributed by atoms with van der Waals surface area (Å²) < 4.78 is 46.9. The summed E-state index contributed by atoms with van der Waals surface area (Å²) in [6.45, 7) is 8.43. The highest BCUT2D eigenvalue weighted by molar-refractivity contribution is 7.44. The standard InChI is InChI=1S/C45H51N4O9P/c1-8-26-54-27-12-14-34-30-48(44(51)47-43(34)50)42-29-40(58-59(56-28-13-25-46)49(32(2)3)33(4)5)41(57-42)31-55-45(35-15-10-9-11-16-35,36-17-21-38(52-6)22-18-36)37-19-23-39(53-7)24-20-37/h1,9-11,15-24,30,32-33,40-42H,13,26-29,31H2,2-7H3,(H,47,50,51)/t40-,41+,42+,59?/m0/s1. The molecule has 0 radical (unpaired) electrons. The molecule has 0 amide bonds. The van der Waals surface area contributed by atoms with Crippen LogP contribution in [0, 0.1) is 35.5 Å². The summed E-state index contributed by atoms with van der Waals surface area (Å²) in [5.41, 5.74) is 0.0313. The van der Waals surface area contributed by atoms with Gasteiger partial charge in [-0.15, -0.1) is 6.42 Å². The minimum atomic E-state index is -1.73. The lowest BCUT2D eigenvalue weighted by Crippen LogP contribution is -2.39. The topological polar surface area (TPSA) is 146 Å². The summed E-state index contributed by atoms with van der Waals surface area (Å²) in [6.07, 6.45) is 4.65. The molecule has 0 saturated carbocycles. The molecule has 1 N–H and O–H groups in total. The van der Waals surface area contributed by atoms with Gasteiger partial charge in [-0.05, 0) is 68.7 Å². The highest BCUT2D eigenvalue weighted by Crippen LogP contribution is 2.50. The molecule has 1 fully saturated rings. The molecule has 4 aromatic rings. The number of benzene rings is 3. The lowest BCUT2D eigenvalue weighted by Gasteiger charge is -2.39. The molecule has 1 unspecified atom stereocenters. The van der Waals surface area contributed by atoms with Gasteiger partial charge in [0.15, 0.2) is 0 Å². The molecule has 3 aromatic carbocycles. The van der Waals surface area contributed by atoms with E-state index in [4.69, 9.17) is 39.2 Å². The Morgan fingerprint density at radius 2 is 1.54 bits per heavy atom. The van der Waals surface area contributed by atoms with Crippen molar-refractivity contribution in [2.75, 3.05) is 40.6 Å². The highest BCUT2D eigenvalue weighted by atomic mass is 31.2. The van der Waals surface area contributed by atoms with E-state index in [1.54, 1.807) is 14.2 Å². The zero-order valence-corrected chi connectivity index (χ0v) is 35.1. The van der Waals surface area contributed by atoms with Crippen LogP contribution in [0.4, 0.5) is 0 Å². The zero-order chi connectivity index (χ0) is 42.4. The summed E-state index contributed by atoms with van der Waals surface area (Å²) in [5.74, 6) is 9.27. The Kier molecular flexibility index (Phi) is 16.5. The zero-order valence-electron chi connectivity index (χ0n) is 34.3. The molecule has 0 aliphatic carbocycles. The van der Waals surface area contributed by atoms with Crippen LogP contribution in [0.3, 0.4) is 0 Å². The number of ether oxygens (including phenoxy) is 5. The fourth-order valence-corrected chi connectivity index (χ4v) is 8.66. The molecule has 4 atom stereocenters. The monoisotopic (exact) mass is 822 g/mol. The number of H-pyrrole nitrogens is 1. The Labute approximate surface area is 347 Å². The Morgan fingerprint density at radius 3 is 2.10 bits per heavy atom. The maximum absolute atomic E-state index is 13.4. The van der Waals surface area contributed by atoms with E-state index in [0.29, 0.717) is 11.5 Å². The Balaban J connectivity index is 1.61. The maximum atomic E-state index is 13.4. The molecular weight excluding hydrogens is 771 g/mol. The van der Waals surface area contributed by atoms with Crippen molar-refractivity contribution in [2.45, 2.75) is 76.7 Å². The van der Waals surface area contributed by atoms with Crippen LogP contribution >= 0.6 is 8.53 Å². The van der Waals surface area contributed by atoms with Gasteiger partial charge in [0.05, 0.1) is 46.0 Å². The first-order chi connectivity index (χ1) is 28.6. The van der Waals surface area contributed by atoms with Crippen molar-refractivity contribution < 1.29 is 32.7 Å². The van der Waals surface area contributed by atoms with Crippen LogP contribution < -0.4 is 20.7 Å². The van der Waals surface area contributed by atoms with Gasteiger partial charge >= 0.3 is 5.69 Å². The first-order valence-corrected chi connectivity index (χ1v) is 20.4. The van der Waals surface area contributed by atoms with Crippen LogP contribution in [0.5, 0.6) is 11.5 Å². The number of hydrogen-bond donors (Lipinski definition) is 1. The van der Waals surface area contributed by atoms with Crippen molar-refractivity contribution in [3.05, 3.63) is 128 Å². The molecule has 0 spiro atoms. The number of aromatic nitrogens is 2. The fraction of sp³-hybridized carbons (Fsp3) is 0.400. The van der Waals surface area contributed by atoms with Gasteiger partial charge in [0.2, 0.25) is 0 Å². The summed E-state index contributed by atoms with van der Waals surface area (Å²) in [7, 11) is 1.50. The fourth-order valence-electron chi connectivity index (χ4n) is 6.90. The predicted molar refractivity (Wildman–Crippen MR) is 225 cm³/mol.